The van der Waals surface area contributed by atoms with Crippen LogP contribution < -0.4 is 0 Å². The Morgan fingerprint density at radius 2 is 1.88 bits per heavy atom. The Morgan fingerprint density at radius 1 is 1.15 bits per heavy atom. The maximum Gasteiger partial charge on any atom is 0.337 e. The van der Waals surface area contributed by atoms with E-state index < -0.39 is 16.0 Å². The van der Waals surface area contributed by atoms with Crippen LogP contribution in [0.1, 0.15) is 22.3 Å². The molecule has 0 N–H and O–H groups in total. The minimum atomic E-state index is -3.74. The lowest BCUT2D eigenvalue weighted by Crippen LogP contribution is -2.34. The zero-order valence-electron chi connectivity index (χ0n) is 14.2. The van der Waals surface area contributed by atoms with Crippen molar-refractivity contribution in [2.45, 2.75) is 11.3 Å². The van der Waals surface area contributed by atoms with E-state index in [0.29, 0.717) is 13.0 Å². The highest BCUT2D eigenvalue weighted by molar-refractivity contribution is 7.89. The third-order valence-electron chi connectivity index (χ3n) is 4.29. The molecule has 0 amide bonds. The van der Waals surface area contributed by atoms with Gasteiger partial charge in [-0.1, -0.05) is 48.0 Å². The van der Waals surface area contributed by atoms with Crippen LogP contribution in [-0.4, -0.2) is 38.9 Å². The van der Waals surface area contributed by atoms with E-state index in [9.17, 15) is 13.2 Å². The van der Waals surface area contributed by atoms with Gasteiger partial charge in [-0.15, -0.1) is 0 Å². The van der Waals surface area contributed by atoms with Crippen LogP contribution in [0.15, 0.2) is 59.5 Å². The number of rotatable bonds is 4. The molecule has 7 heteroatoms. The first kappa shape index (κ1) is 18.6. The maximum atomic E-state index is 12.9. The number of esters is 1. The van der Waals surface area contributed by atoms with Crippen LogP contribution >= 0.6 is 11.6 Å². The summed E-state index contributed by atoms with van der Waals surface area (Å²) < 4.78 is 31.8. The third kappa shape index (κ3) is 3.67. The average Bonchev–Trinajstić information content (AvgIpc) is 2.68. The summed E-state index contributed by atoms with van der Waals surface area (Å²) in [4.78, 5) is 11.5. The molecule has 5 nitrogen and oxygen atoms in total. The second-order valence-corrected chi connectivity index (χ2v) is 8.16. The summed E-state index contributed by atoms with van der Waals surface area (Å²) >= 11 is 6.13. The van der Waals surface area contributed by atoms with Crippen LogP contribution in [0.5, 0.6) is 0 Å². The predicted octanol–water partition coefficient (Wildman–Crippen LogP) is 3.60. The van der Waals surface area contributed by atoms with Crippen LogP contribution in [0.3, 0.4) is 0 Å². The lowest BCUT2D eigenvalue weighted by Gasteiger charge is -2.26. The molecule has 3 rings (SSSR count). The number of carbonyl (C=O) groups is 1. The molecule has 1 heterocycles. The van der Waals surface area contributed by atoms with Gasteiger partial charge in [0.2, 0.25) is 10.0 Å². The average molecular weight is 392 g/mol. The topological polar surface area (TPSA) is 63.7 Å². The van der Waals surface area contributed by atoms with Gasteiger partial charge in [-0.05, 0) is 35.8 Å². The van der Waals surface area contributed by atoms with Gasteiger partial charge in [0.25, 0.3) is 0 Å². The van der Waals surface area contributed by atoms with E-state index >= 15 is 0 Å². The van der Waals surface area contributed by atoms with Gasteiger partial charge in [0, 0.05) is 13.1 Å². The first-order valence-electron chi connectivity index (χ1n) is 8.06. The van der Waals surface area contributed by atoms with Crippen molar-refractivity contribution in [2.75, 3.05) is 20.2 Å². The minimum absolute atomic E-state index is 0.00531. The van der Waals surface area contributed by atoms with Gasteiger partial charge in [0.15, 0.2) is 0 Å². The highest BCUT2D eigenvalue weighted by atomic mass is 35.5. The van der Waals surface area contributed by atoms with Crippen molar-refractivity contribution in [2.24, 2.45) is 0 Å². The Balaban J connectivity index is 1.84. The van der Waals surface area contributed by atoms with Gasteiger partial charge in [-0.2, -0.15) is 4.31 Å². The number of benzene rings is 2. The van der Waals surface area contributed by atoms with Gasteiger partial charge in [0.05, 0.1) is 17.7 Å². The molecule has 1 aliphatic heterocycles. The van der Waals surface area contributed by atoms with Crippen LogP contribution in [0.2, 0.25) is 5.02 Å². The molecule has 136 valence electrons. The number of carbonyl (C=O) groups excluding carboxylic acids is 1. The monoisotopic (exact) mass is 391 g/mol. The zero-order valence-corrected chi connectivity index (χ0v) is 15.8. The third-order valence-corrected chi connectivity index (χ3v) is 6.64. The Kier molecular flexibility index (Phi) is 5.46. The van der Waals surface area contributed by atoms with Gasteiger partial charge in [-0.3, -0.25) is 0 Å². The van der Waals surface area contributed by atoms with E-state index in [-0.39, 0.29) is 22.0 Å². The summed E-state index contributed by atoms with van der Waals surface area (Å²) in [6, 6.07) is 14.0. The summed E-state index contributed by atoms with van der Waals surface area (Å²) in [5, 5.41) is 0.00531. The van der Waals surface area contributed by atoms with Crippen molar-refractivity contribution in [1.82, 2.24) is 4.31 Å². The fraction of sp³-hybridized carbons (Fsp3) is 0.211. The summed E-state index contributed by atoms with van der Waals surface area (Å²) in [6.07, 6.45) is 2.55. The second-order valence-electron chi connectivity index (χ2n) is 5.85. The van der Waals surface area contributed by atoms with Crippen molar-refractivity contribution in [3.05, 3.63) is 70.8 Å². The molecule has 0 atom stereocenters. The number of halogens is 1. The van der Waals surface area contributed by atoms with Crippen molar-refractivity contribution in [3.8, 4) is 0 Å². The lowest BCUT2D eigenvalue weighted by atomic mass is 10.0. The molecule has 0 radical (unpaired) electrons. The first-order valence-corrected chi connectivity index (χ1v) is 9.88. The number of methoxy groups -OCH3 is 1. The van der Waals surface area contributed by atoms with Gasteiger partial charge in [-0.25, -0.2) is 13.2 Å². The summed E-state index contributed by atoms with van der Waals surface area (Å²) in [5.41, 5.74) is 2.44. The van der Waals surface area contributed by atoms with Crippen LogP contribution in [0.25, 0.3) is 5.57 Å². The molecule has 0 aromatic heterocycles. The number of ether oxygens (including phenoxy) is 1. The highest BCUT2D eigenvalue weighted by Crippen LogP contribution is 2.29. The molecule has 0 spiro atoms. The zero-order chi connectivity index (χ0) is 18.7. The van der Waals surface area contributed by atoms with E-state index in [1.807, 2.05) is 36.4 Å². The largest absolute Gasteiger partial charge is 0.465 e. The number of sulfonamides is 1. The second kappa shape index (κ2) is 7.61. The minimum Gasteiger partial charge on any atom is -0.465 e. The molecule has 26 heavy (non-hydrogen) atoms. The molecule has 2 aromatic carbocycles. The Bertz CT molecular complexity index is 955. The van der Waals surface area contributed by atoms with Crippen LogP contribution in [0.4, 0.5) is 0 Å². The summed E-state index contributed by atoms with van der Waals surface area (Å²) in [5.74, 6) is -0.566. The van der Waals surface area contributed by atoms with Gasteiger partial charge < -0.3 is 4.74 Å². The first-order chi connectivity index (χ1) is 12.4. The van der Waals surface area contributed by atoms with Crippen molar-refractivity contribution in [3.63, 3.8) is 0 Å². The maximum absolute atomic E-state index is 12.9. The number of nitrogens with zero attached hydrogens (tertiary/aromatic N) is 1. The highest BCUT2D eigenvalue weighted by Gasteiger charge is 2.28. The van der Waals surface area contributed by atoms with Gasteiger partial charge in [0.1, 0.15) is 4.90 Å². The SMILES string of the molecule is COC(=O)c1ccc(S(=O)(=O)N2CC=C(c3ccccc3)CC2)c(Cl)c1. The Hall–Kier alpha value is -2.15. The molecule has 1 aliphatic rings. The summed E-state index contributed by atoms with van der Waals surface area (Å²) in [7, 11) is -2.49. The molecular formula is C19H18ClNO4S. The summed E-state index contributed by atoms with van der Waals surface area (Å²) in [6.45, 7) is 0.653. The van der Waals surface area contributed by atoms with Crippen LogP contribution in [0, 0.1) is 0 Å². The quantitative estimate of drug-likeness (QED) is 0.747. The molecule has 2 aromatic rings. The van der Waals surface area contributed by atoms with Crippen molar-refractivity contribution in [1.29, 1.82) is 0 Å². The Morgan fingerprint density at radius 3 is 2.46 bits per heavy atom. The van der Waals surface area contributed by atoms with E-state index in [4.69, 9.17) is 11.6 Å². The normalized spacial score (nSPS) is 15.4. The Labute approximate surface area is 157 Å². The number of hydrogen-bond acceptors (Lipinski definition) is 4. The fourth-order valence-electron chi connectivity index (χ4n) is 2.88. The molecule has 0 bridgehead atoms. The predicted molar refractivity (Wildman–Crippen MR) is 101 cm³/mol. The van der Waals surface area contributed by atoms with Crippen LogP contribution in [-0.2, 0) is 14.8 Å². The van der Waals surface area contributed by atoms with E-state index in [1.54, 1.807) is 0 Å². The number of hydrogen-bond donors (Lipinski definition) is 0. The standard InChI is InChI=1S/C19H18ClNO4S/c1-25-19(22)16-7-8-18(17(20)13-16)26(23,24)21-11-9-15(10-12-21)14-5-3-2-4-6-14/h2-9,13H,10-12H2,1H3. The van der Waals surface area contributed by atoms with Crippen molar-refractivity contribution >= 4 is 33.2 Å². The van der Waals surface area contributed by atoms with Gasteiger partial charge >= 0.3 is 5.97 Å². The fourth-order valence-corrected chi connectivity index (χ4v) is 4.78. The molecule has 0 unspecified atom stereocenters. The molecular weight excluding hydrogens is 374 g/mol. The smallest absolute Gasteiger partial charge is 0.337 e. The molecule has 0 fully saturated rings. The van der Waals surface area contributed by atoms with Crippen molar-refractivity contribution < 1.29 is 17.9 Å². The van der Waals surface area contributed by atoms with E-state index in [1.165, 1.54) is 29.6 Å². The lowest BCUT2D eigenvalue weighted by molar-refractivity contribution is 0.0600. The molecule has 0 saturated carbocycles. The molecule has 0 saturated heterocycles. The molecule has 0 aliphatic carbocycles. The van der Waals surface area contributed by atoms with E-state index in [2.05, 4.69) is 4.74 Å². The van der Waals surface area contributed by atoms with E-state index in [0.717, 1.165) is 11.1 Å².